The van der Waals surface area contributed by atoms with Crippen LogP contribution >= 0.6 is 0 Å². The van der Waals surface area contributed by atoms with E-state index in [1.807, 2.05) is 18.7 Å². The minimum atomic E-state index is -0.655. The van der Waals surface area contributed by atoms with E-state index in [0.29, 0.717) is 13.1 Å². The van der Waals surface area contributed by atoms with Gasteiger partial charge in [-0.3, -0.25) is 9.69 Å². The van der Waals surface area contributed by atoms with Gasteiger partial charge in [0.05, 0.1) is 12.2 Å². The molecule has 0 aliphatic carbocycles. The second-order valence-corrected chi connectivity index (χ2v) is 4.43. The molecule has 0 saturated heterocycles. The van der Waals surface area contributed by atoms with Gasteiger partial charge in [-0.2, -0.15) is 0 Å². The van der Waals surface area contributed by atoms with Gasteiger partial charge in [0.2, 0.25) is 5.91 Å². The van der Waals surface area contributed by atoms with Crippen LogP contribution in [0.3, 0.4) is 0 Å². The molecule has 0 aliphatic heterocycles. The van der Waals surface area contributed by atoms with Crippen molar-refractivity contribution >= 4 is 11.6 Å². The lowest BCUT2D eigenvalue weighted by molar-refractivity contribution is -0.117. The Morgan fingerprint density at radius 1 is 1.37 bits per heavy atom. The molecule has 3 nitrogen and oxygen atoms in total. The maximum absolute atomic E-state index is 13.4. The Labute approximate surface area is 111 Å². The predicted octanol–water partition coefficient (Wildman–Crippen LogP) is 2.80. The molecule has 1 rings (SSSR count). The largest absolute Gasteiger partial charge is 0.322 e. The molecule has 5 heteroatoms. The van der Waals surface area contributed by atoms with Crippen LogP contribution in [0, 0.1) is 11.6 Å². The second kappa shape index (κ2) is 6.99. The maximum atomic E-state index is 13.4. The van der Waals surface area contributed by atoms with E-state index in [9.17, 15) is 13.6 Å². The molecule has 19 heavy (non-hydrogen) atoms. The van der Waals surface area contributed by atoms with Gasteiger partial charge < -0.3 is 5.32 Å². The summed E-state index contributed by atoms with van der Waals surface area (Å²) >= 11 is 0. The summed E-state index contributed by atoms with van der Waals surface area (Å²) in [7, 11) is 0. The summed E-state index contributed by atoms with van der Waals surface area (Å²) in [5.41, 5.74) is 0.794. The van der Waals surface area contributed by atoms with Gasteiger partial charge in [-0.1, -0.05) is 19.1 Å². The minimum absolute atomic E-state index is 0.110. The van der Waals surface area contributed by atoms with Crippen molar-refractivity contribution in [2.45, 2.75) is 13.8 Å². The number of anilines is 1. The summed E-state index contributed by atoms with van der Waals surface area (Å²) in [5, 5.41) is 2.36. The summed E-state index contributed by atoms with van der Waals surface area (Å²) < 4.78 is 26.3. The van der Waals surface area contributed by atoms with Gasteiger partial charge in [0.15, 0.2) is 0 Å². The normalized spacial score (nSPS) is 10.6. The van der Waals surface area contributed by atoms with E-state index < -0.39 is 11.6 Å². The lowest BCUT2D eigenvalue weighted by atomic mass is 10.3. The second-order valence-electron chi connectivity index (χ2n) is 4.43. The van der Waals surface area contributed by atoms with Crippen molar-refractivity contribution in [3.63, 3.8) is 0 Å². The van der Waals surface area contributed by atoms with E-state index in [1.165, 1.54) is 0 Å². The summed E-state index contributed by atoms with van der Waals surface area (Å²) in [6.45, 7) is 8.94. The smallest absolute Gasteiger partial charge is 0.238 e. The number of halogens is 2. The number of carbonyl (C=O) groups is 1. The highest BCUT2D eigenvalue weighted by Crippen LogP contribution is 2.15. The zero-order chi connectivity index (χ0) is 14.4. The summed E-state index contributed by atoms with van der Waals surface area (Å²) in [6, 6.07) is 2.95. The molecule has 1 aromatic carbocycles. The van der Waals surface area contributed by atoms with Crippen LogP contribution in [0.25, 0.3) is 0 Å². The van der Waals surface area contributed by atoms with E-state index in [2.05, 4.69) is 11.9 Å². The van der Waals surface area contributed by atoms with E-state index in [0.717, 1.165) is 23.8 Å². The zero-order valence-electron chi connectivity index (χ0n) is 11.2. The average Bonchev–Trinajstić information content (AvgIpc) is 2.32. The Morgan fingerprint density at radius 3 is 2.63 bits per heavy atom. The Kier molecular flexibility index (Phi) is 5.63. The van der Waals surface area contributed by atoms with Crippen molar-refractivity contribution in [3.8, 4) is 0 Å². The van der Waals surface area contributed by atoms with Gasteiger partial charge >= 0.3 is 0 Å². The van der Waals surface area contributed by atoms with Crippen LogP contribution in [0.1, 0.15) is 13.8 Å². The number of nitrogens with one attached hydrogen (secondary N) is 1. The predicted molar refractivity (Wildman–Crippen MR) is 71.9 cm³/mol. The van der Waals surface area contributed by atoms with Crippen LogP contribution in [-0.4, -0.2) is 30.4 Å². The van der Waals surface area contributed by atoms with Gasteiger partial charge in [0, 0.05) is 12.6 Å². The van der Waals surface area contributed by atoms with Crippen molar-refractivity contribution in [1.29, 1.82) is 0 Å². The monoisotopic (exact) mass is 268 g/mol. The van der Waals surface area contributed by atoms with Crippen molar-refractivity contribution in [3.05, 3.63) is 42.0 Å². The van der Waals surface area contributed by atoms with E-state index in [1.54, 1.807) is 0 Å². The first-order valence-corrected chi connectivity index (χ1v) is 6.04. The first kappa shape index (κ1) is 15.3. The first-order chi connectivity index (χ1) is 8.92. The van der Waals surface area contributed by atoms with E-state index >= 15 is 0 Å². The fraction of sp³-hybridized carbons (Fsp3) is 0.357. The van der Waals surface area contributed by atoms with Crippen molar-refractivity contribution < 1.29 is 13.6 Å². The Balaban J connectivity index is 2.63. The van der Waals surface area contributed by atoms with Gasteiger partial charge in [-0.05, 0) is 25.6 Å². The SMILES string of the molecule is C=C(C)CN(CC)CC(=O)Nc1cc(F)ccc1F. The molecule has 0 heterocycles. The highest BCUT2D eigenvalue weighted by Gasteiger charge is 2.12. The number of hydrogen-bond acceptors (Lipinski definition) is 2. The molecule has 0 fully saturated rings. The molecular weight excluding hydrogens is 250 g/mol. The van der Waals surface area contributed by atoms with Crippen LogP contribution in [0.5, 0.6) is 0 Å². The van der Waals surface area contributed by atoms with Gasteiger partial charge in [-0.15, -0.1) is 0 Å². The van der Waals surface area contributed by atoms with Crippen LogP contribution in [0.15, 0.2) is 30.4 Å². The zero-order valence-corrected chi connectivity index (χ0v) is 11.2. The molecule has 1 aromatic rings. The first-order valence-electron chi connectivity index (χ1n) is 6.04. The average molecular weight is 268 g/mol. The third kappa shape index (κ3) is 5.18. The molecule has 0 radical (unpaired) electrons. The van der Waals surface area contributed by atoms with Gasteiger partial charge in [0.25, 0.3) is 0 Å². The summed E-state index contributed by atoms with van der Waals surface area (Å²) in [6.07, 6.45) is 0. The fourth-order valence-electron chi connectivity index (χ4n) is 1.65. The third-order valence-corrected chi connectivity index (χ3v) is 2.51. The number of rotatable bonds is 6. The number of amides is 1. The number of nitrogens with zero attached hydrogens (tertiary/aromatic N) is 1. The van der Waals surface area contributed by atoms with Crippen molar-refractivity contribution in [2.75, 3.05) is 25.0 Å². The minimum Gasteiger partial charge on any atom is -0.322 e. The molecule has 0 unspecified atom stereocenters. The van der Waals surface area contributed by atoms with Gasteiger partial charge in [0.1, 0.15) is 11.6 Å². The maximum Gasteiger partial charge on any atom is 0.238 e. The lowest BCUT2D eigenvalue weighted by Crippen LogP contribution is -2.34. The molecule has 1 amide bonds. The standard InChI is InChI=1S/C14H18F2N2O/c1-4-18(8-10(2)3)9-14(19)17-13-7-11(15)5-6-12(13)16/h5-7H,2,4,8-9H2,1,3H3,(H,17,19). The molecule has 0 aromatic heterocycles. The van der Waals surface area contributed by atoms with Crippen LogP contribution in [-0.2, 0) is 4.79 Å². The number of carbonyl (C=O) groups excluding carboxylic acids is 1. The molecule has 1 N–H and O–H groups in total. The molecule has 0 atom stereocenters. The molecular formula is C14H18F2N2O. The summed E-state index contributed by atoms with van der Waals surface area (Å²) in [4.78, 5) is 13.6. The number of likely N-dealkylation sites (N-methyl/N-ethyl adjacent to an activating group) is 1. The van der Waals surface area contributed by atoms with Crippen molar-refractivity contribution in [2.24, 2.45) is 0 Å². The summed E-state index contributed by atoms with van der Waals surface area (Å²) in [5.74, 6) is -1.63. The van der Waals surface area contributed by atoms with E-state index in [4.69, 9.17) is 0 Å². The topological polar surface area (TPSA) is 32.3 Å². The highest BCUT2D eigenvalue weighted by atomic mass is 19.1. The lowest BCUT2D eigenvalue weighted by Gasteiger charge is -2.19. The van der Waals surface area contributed by atoms with E-state index in [-0.39, 0.29) is 18.1 Å². The Bertz CT molecular complexity index is 475. The quantitative estimate of drug-likeness (QED) is 0.805. The number of hydrogen-bond donors (Lipinski definition) is 1. The fourth-order valence-corrected chi connectivity index (χ4v) is 1.65. The Morgan fingerprint density at radius 2 is 2.05 bits per heavy atom. The van der Waals surface area contributed by atoms with Crippen molar-refractivity contribution in [1.82, 2.24) is 4.90 Å². The molecule has 104 valence electrons. The number of benzene rings is 1. The molecule has 0 aliphatic rings. The third-order valence-electron chi connectivity index (χ3n) is 2.51. The van der Waals surface area contributed by atoms with Crippen LogP contribution in [0.4, 0.5) is 14.5 Å². The molecule has 0 spiro atoms. The molecule has 0 saturated carbocycles. The van der Waals surface area contributed by atoms with Gasteiger partial charge in [-0.25, -0.2) is 8.78 Å². The highest BCUT2D eigenvalue weighted by molar-refractivity contribution is 5.92. The van der Waals surface area contributed by atoms with Crippen LogP contribution in [0.2, 0.25) is 0 Å². The molecule has 0 bridgehead atoms. The Hall–Kier alpha value is -1.75. The van der Waals surface area contributed by atoms with Crippen LogP contribution < -0.4 is 5.32 Å².